The molecule has 6 heteroatoms. The fourth-order valence-corrected chi connectivity index (χ4v) is 6.10. The number of thiophene rings is 2. The molecule has 0 fully saturated rings. The molecule has 1 aliphatic heterocycles. The van der Waals surface area contributed by atoms with Crippen molar-refractivity contribution < 1.29 is 4.79 Å². The number of aromatic nitrogens is 2. The highest BCUT2D eigenvalue weighted by Crippen LogP contribution is 2.50. The number of carbonyl (C=O) groups is 1. The molecule has 0 aromatic carbocycles. The number of ketones is 1. The Kier molecular flexibility index (Phi) is 3.65. The molecule has 2 unspecified atom stereocenters. The van der Waals surface area contributed by atoms with Gasteiger partial charge >= 0.3 is 0 Å². The topological polar surface area (TPSA) is 57.8 Å². The van der Waals surface area contributed by atoms with Crippen LogP contribution in [0.4, 0.5) is 5.82 Å². The first kappa shape index (κ1) is 16.0. The van der Waals surface area contributed by atoms with Gasteiger partial charge in [0.1, 0.15) is 0 Å². The van der Waals surface area contributed by atoms with Crippen LogP contribution in [0.15, 0.2) is 40.2 Å². The van der Waals surface area contributed by atoms with E-state index in [1.807, 2.05) is 6.92 Å². The normalized spacial score (nSPS) is 22.2. The third-order valence-electron chi connectivity index (χ3n) is 5.46. The van der Waals surface area contributed by atoms with E-state index in [9.17, 15) is 4.79 Å². The molecule has 132 valence electrons. The highest BCUT2D eigenvalue weighted by molar-refractivity contribution is 7.10. The van der Waals surface area contributed by atoms with Crippen LogP contribution in [-0.4, -0.2) is 16.0 Å². The fourth-order valence-electron chi connectivity index (χ4n) is 4.22. The molecule has 2 N–H and O–H groups in total. The summed E-state index contributed by atoms with van der Waals surface area (Å²) >= 11 is 3.47. The SMILES string of the molecule is Cc1ccsc1C1C2=C(CC(c3cccs3)CC2=O)Nc2n[nH]c(C)c21. The van der Waals surface area contributed by atoms with E-state index in [1.54, 1.807) is 22.7 Å². The van der Waals surface area contributed by atoms with Crippen molar-refractivity contribution in [3.05, 3.63) is 66.8 Å². The van der Waals surface area contributed by atoms with Gasteiger partial charge in [0.25, 0.3) is 0 Å². The van der Waals surface area contributed by atoms with Crippen molar-refractivity contribution in [2.45, 2.75) is 38.5 Å². The monoisotopic (exact) mass is 381 g/mol. The van der Waals surface area contributed by atoms with Crippen LogP contribution in [0.25, 0.3) is 0 Å². The first-order valence-electron chi connectivity index (χ1n) is 8.79. The smallest absolute Gasteiger partial charge is 0.162 e. The number of rotatable bonds is 2. The van der Waals surface area contributed by atoms with E-state index in [1.165, 1.54) is 15.3 Å². The van der Waals surface area contributed by atoms with Crippen molar-refractivity contribution in [1.29, 1.82) is 0 Å². The number of aryl methyl sites for hydroxylation is 2. The summed E-state index contributed by atoms with van der Waals surface area (Å²) in [6.07, 6.45) is 1.46. The molecule has 2 atom stereocenters. The van der Waals surface area contributed by atoms with Gasteiger partial charge in [-0.2, -0.15) is 5.10 Å². The van der Waals surface area contributed by atoms with Gasteiger partial charge in [0, 0.05) is 44.6 Å². The Morgan fingerprint density at radius 1 is 1.15 bits per heavy atom. The van der Waals surface area contributed by atoms with Gasteiger partial charge in [0.15, 0.2) is 11.6 Å². The van der Waals surface area contributed by atoms with Crippen LogP contribution in [0.2, 0.25) is 0 Å². The van der Waals surface area contributed by atoms with E-state index in [0.29, 0.717) is 6.42 Å². The number of hydrogen-bond acceptors (Lipinski definition) is 5. The molecule has 5 rings (SSSR count). The summed E-state index contributed by atoms with van der Waals surface area (Å²) in [4.78, 5) is 15.8. The van der Waals surface area contributed by atoms with Gasteiger partial charge in [-0.15, -0.1) is 22.7 Å². The second-order valence-corrected chi connectivity index (χ2v) is 9.00. The van der Waals surface area contributed by atoms with Gasteiger partial charge in [-0.25, -0.2) is 0 Å². The van der Waals surface area contributed by atoms with Crippen molar-refractivity contribution in [2.75, 3.05) is 5.32 Å². The second kappa shape index (κ2) is 5.93. The molecule has 3 aromatic rings. The number of fused-ring (bicyclic) bond motifs is 1. The summed E-state index contributed by atoms with van der Waals surface area (Å²) in [6.45, 7) is 4.17. The molecule has 4 nitrogen and oxygen atoms in total. The van der Waals surface area contributed by atoms with Crippen LogP contribution in [0.1, 0.15) is 51.3 Å². The molecular weight excluding hydrogens is 362 g/mol. The van der Waals surface area contributed by atoms with Crippen LogP contribution in [0.3, 0.4) is 0 Å². The maximum atomic E-state index is 13.3. The van der Waals surface area contributed by atoms with Crippen molar-refractivity contribution >= 4 is 34.3 Å². The first-order valence-corrected chi connectivity index (χ1v) is 10.5. The lowest BCUT2D eigenvalue weighted by Gasteiger charge is -2.34. The maximum absolute atomic E-state index is 13.3. The molecule has 0 amide bonds. The predicted molar refractivity (Wildman–Crippen MR) is 106 cm³/mol. The number of anilines is 1. The van der Waals surface area contributed by atoms with Crippen molar-refractivity contribution in [3.8, 4) is 0 Å². The van der Waals surface area contributed by atoms with Gasteiger partial charge < -0.3 is 5.32 Å². The summed E-state index contributed by atoms with van der Waals surface area (Å²) in [7, 11) is 0. The van der Waals surface area contributed by atoms with Crippen molar-refractivity contribution in [1.82, 2.24) is 10.2 Å². The third-order valence-corrected chi connectivity index (χ3v) is 7.58. The average Bonchev–Trinajstić information content (AvgIpc) is 3.35. The number of hydrogen-bond donors (Lipinski definition) is 2. The molecule has 0 spiro atoms. The van der Waals surface area contributed by atoms with Gasteiger partial charge in [-0.05, 0) is 48.7 Å². The van der Waals surface area contributed by atoms with Gasteiger partial charge in [0.05, 0.1) is 5.92 Å². The Morgan fingerprint density at radius 3 is 2.77 bits per heavy atom. The minimum atomic E-state index is -0.00298. The van der Waals surface area contributed by atoms with E-state index in [0.717, 1.165) is 34.8 Å². The Balaban J connectivity index is 1.66. The number of Topliss-reactive ketones (excluding diaryl/α,β-unsaturated/α-hetero) is 1. The minimum absolute atomic E-state index is 0.00298. The van der Waals surface area contributed by atoms with Gasteiger partial charge in [-0.3, -0.25) is 9.89 Å². The fraction of sp³-hybridized carbons (Fsp3) is 0.300. The first-order chi connectivity index (χ1) is 12.6. The van der Waals surface area contributed by atoms with Gasteiger partial charge in [0.2, 0.25) is 0 Å². The number of nitrogens with one attached hydrogen (secondary N) is 2. The van der Waals surface area contributed by atoms with Crippen molar-refractivity contribution in [2.24, 2.45) is 0 Å². The Morgan fingerprint density at radius 2 is 2.04 bits per heavy atom. The molecule has 2 aliphatic rings. The Hall–Kier alpha value is -2.18. The van der Waals surface area contributed by atoms with E-state index < -0.39 is 0 Å². The predicted octanol–water partition coefficient (Wildman–Crippen LogP) is 5.11. The highest BCUT2D eigenvalue weighted by atomic mass is 32.1. The molecule has 26 heavy (non-hydrogen) atoms. The molecular formula is C20H19N3OS2. The summed E-state index contributed by atoms with van der Waals surface area (Å²) in [6, 6.07) is 6.34. The molecule has 0 bridgehead atoms. The molecule has 0 saturated heterocycles. The Labute approximate surface area is 160 Å². The standard InChI is InChI=1S/C20H19N3OS2/c1-10-5-7-26-19(10)18-16-11(2)22-23-20(16)21-13-8-12(9-14(24)17(13)18)15-4-3-6-25-15/h3-7,12,18H,8-9H2,1-2H3,(H2,21,22,23). The Bertz CT molecular complexity index is 1030. The maximum Gasteiger partial charge on any atom is 0.162 e. The zero-order valence-corrected chi connectivity index (χ0v) is 16.3. The number of carbonyl (C=O) groups excluding carboxylic acids is 1. The number of aromatic amines is 1. The number of allylic oxidation sites excluding steroid dienone is 2. The molecule has 0 radical (unpaired) electrons. The minimum Gasteiger partial charge on any atom is -0.342 e. The van der Waals surface area contributed by atoms with Gasteiger partial charge in [-0.1, -0.05) is 6.07 Å². The van der Waals surface area contributed by atoms with Crippen LogP contribution < -0.4 is 5.32 Å². The van der Waals surface area contributed by atoms with E-state index >= 15 is 0 Å². The molecule has 0 saturated carbocycles. The lowest BCUT2D eigenvalue weighted by atomic mass is 9.75. The zero-order valence-electron chi connectivity index (χ0n) is 14.6. The lowest BCUT2D eigenvalue weighted by Crippen LogP contribution is -2.29. The molecule has 1 aliphatic carbocycles. The molecule has 4 heterocycles. The summed E-state index contributed by atoms with van der Waals surface area (Å²) in [5, 5.41) is 15.3. The number of nitrogens with zero attached hydrogens (tertiary/aromatic N) is 1. The van der Waals surface area contributed by atoms with Crippen LogP contribution in [0, 0.1) is 13.8 Å². The lowest BCUT2D eigenvalue weighted by molar-refractivity contribution is -0.116. The van der Waals surface area contributed by atoms with E-state index in [2.05, 4.69) is 51.4 Å². The summed E-state index contributed by atoms with van der Waals surface area (Å²) in [5.41, 5.74) is 5.40. The zero-order chi connectivity index (χ0) is 17.8. The van der Waals surface area contributed by atoms with Crippen LogP contribution in [-0.2, 0) is 4.79 Å². The third kappa shape index (κ3) is 2.32. The quantitative estimate of drug-likeness (QED) is 0.649. The molecule has 3 aromatic heterocycles. The van der Waals surface area contributed by atoms with Crippen LogP contribution >= 0.6 is 22.7 Å². The largest absolute Gasteiger partial charge is 0.342 e. The summed E-state index contributed by atoms with van der Waals surface area (Å²) in [5.74, 6) is 1.40. The van der Waals surface area contributed by atoms with Crippen LogP contribution in [0.5, 0.6) is 0 Å². The highest BCUT2D eigenvalue weighted by Gasteiger charge is 2.41. The average molecular weight is 382 g/mol. The van der Waals surface area contributed by atoms with E-state index in [-0.39, 0.29) is 17.6 Å². The van der Waals surface area contributed by atoms with E-state index in [4.69, 9.17) is 0 Å². The summed E-state index contributed by atoms with van der Waals surface area (Å²) < 4.78 is 0. The number of H-pyrrole nitrogens is 1. The second-order valence-electron chi connectivity index (χ2n) is 7.07. The van der Waals surface area contributed by atoms with Crippen molar-refractivity contribution in [3.63, 3.8) is 0 Å².